The Hall–Kier alpha value is -2.18. The van der Waals surface area contributed by atoms with E-state index in [1.54, 1.807) is 6.20 Å². The van der Waals surface area contributed by atoms with Crippen LogP contribution in [-0.2, 0) is 0 Å². The number of aromatic nitrogens is 4. The number of hydrogen-bond acceptors (Lipinski definition) is 5. The van der Waals surface area contributed by atoms with E-state index in [9.17, 15) is 0 Å². The van der Waals surface area contributed by atoms with E-state index in [-0.39, 0.29) is 5.54 Å². The molecule has 1 saturated heterocycles. The Morgan fingerprint density at radius 3 is 2.96 bits per heavy atom. The Bertz CT molecular complexity index is 953. The maximum atomic E-state index is 6.49. The van der Waals surface area contributed by atoms with Gasteiger partial charge < -0.3 is 10.2 Å². The molecule has 3 aromatic rings. The Labute approximate surface area is 164 Å². The fourth-order valence-electron chi connectivity index (χ4n) is 4.10. The third kappa shape index (κ3) is 3.64. The van der Waals surface area contributed by atoms with Crippen molar-refractivity contribution in [3.05, 3.63) is 35.5 Å². The highest BCUT2D eigenvalue weighted by Gasteiger charge is 2.32. The molecule has 27 heavy (non-hydrogen) atoms. The summed E-state index contributed by atoms with van der Waals surface area (Å²) < 4.78 is 0. The maximum Gasteiger partial charge on any atom is 0.181 e. The van der Waals surface area contributed by atoms with Crippen LogP contribution in [-0.4, -0.2) is 45.3 Å². The zero-order valence-electron chi connectivity index (χ0n) is 16.0. The molecule has 4 rings (SSSR count). The van der Waals surface area contributed by atoms with E-state index < -0.39 is 0 Å². The van der Waals surface area contributed by atoms with Crippen LogP contribution in [0.15, 0.2) is 30.5 Å². The van der Waals surface area contributed by atoms with Crippen LogP contribution in [0.25, 0.3) is 22.4 Å². The highest BCUT2D eigenvalue weighted by molar-refractivity contribution is 6.33. The van der Waals surface area contributed by atoms with Gasteiger partial charge in [-0.25, -0.2) is 9.97 Å². The number of rotatable bonds is 4. The summed E-state index contributed by atoms with van der Waals surface area (Å²) in [5.74, 6) is 1.58. The molecule has 3 aromatic heterocycles. The van der Waals surface area contributed by atoms with E-state index in [4.69, 9.17) is 16.6 Å². The lowest BCUT2D eigenvalue weighted by atomic mass is 9.88. The number of hydrogen-bond donors (Lipinski definition) is 2. The van der Waals surface area contributed by atoms with Crippen molar-refractivity contribution in [2.45, 2.75) is 32.7 Å². The molecule has 2 N–H and O–H groups in total. The third-order valence-electron chi connectivity index (χ3n) is 5.05. The van der Waals surface area contributed by atoms with E-state index in [0.29, 0.717) is 22.3 Å². The van der Waals surface area contributed by atoms with Gasteiger partial charge in [-0.3, -0.25) is 5.10 Å². The minimum atomic E-state index is 0.0818. The molecule has 1 atom stereocenters. The molecule has 0 aliphatic carbocycles. The molecule has 1 aliphatic rings. The summed E-state index contributed by atoms with van der Waals surface area (Å²) in [5, 5.41) is 12.5. The van der Waals surface area contributed by atoms with Gasteiger partial charge in [0.25, 0.3) is 0 Å². The van der Waals surface area contributed by atoms with Gasteiger partial charge in [-0.15, -0.1) is 0 Å². The quantitative estimate of drug-likeness (QED) is 0.714. The molecular weight excluding hydrogens is 360 g/mol. The molecule has 0 aromatic carbocycles. The van der Waals surface area contributed by atoms with Crippen molar-refractivity contribution < 1.29 is 0 Å². The smallest absolute Gasteiger partial charge is 0.181 e. The van der Waals surface area contributed by atoms with Crippen LogP contribution in [0.5, 0.6) is 0 Å². The van der Waals surface area contributed by atoms with Crippen LogP contribution in [0.4, 0.5) is 5.82 Å². The molecule has 1 fully saturated rings. The molecule has 0 amide bonds. The fourth-order valence-corrected chi connectivity index (χ4v) is 4.30. The zero-order chi connectivity index (χ0) is 19.0. The average Bonchev–Trinajstić information content (AvgIpc) is 3.05. The van der Waals surface area contributed by atoms with Gasteiger partial charge in [0.1, 0.15) is 11.5 Å². The van der Waals surface area contributed by atoms with Crippen molar-refractivity contribution in [3.63, 3.8) is 0 Å². The summed E-state index contributed by atoms with van der Waals surface area (Å²) in [6.07, 6.45) is 2.86. The molecule has 142 valence electrons. The SMILES string of the molecule is CC(C)CC1(C)CN(c2ccc(Cl)c(-c3[nH]nc4ncccc34)n2)CCN1. The van der Waals surface area contributed by atoms with Crippen molar-refractivity contribution in [3.8, 4) is 11.4 Å². The molecular formula is C20H25ClN6. The lowest BCUT2D eigenvalue weighted by Crippen LogP contribution is -2.59. The van der Waals surface area contributed by atoms with Crippen molar-refractivity contribution in [2.75, 3.05) is 24.5 Å². The minimum Gasteiger partial charge on any atom is -0.353 e. The summed E-state index contributed by atoms with van der Waals surface area (Å²) in [7, 11) is 0. The molecule has 4 heterocycles. The van der Waals surface area contributed by atoms with Crippen molar-refractivity contribution >= 4 is 28.5 Å². The first kappa shape index (κ1) is 18.2. The molecule has 0 radical (unpaired) electrons. The van der Waals surface area contributed by atoms with Crippen LogP contribution in [0.1, 0.15) is 27.2 Å². The number of piperazine rings is 1. The van der Waals surface area contributed by atoms with Gasteiger partial charge in [-0.2, -0.15) is 5.10 Å². The second kappa shape index (κ2) is 7.09. The van der Waals surface area contributed by atoms with Crippen LogP contribution >= 0.6 is 11.6 Å². The highest BCUT2D eigenvalue weighted by Crippen LogP contribution is 2.32. The number of nitrogens with zero attached hydrogens (tertiary/aromatic N) is 4. The van der Waals surface area contributed by atoms with Crippen molar-refractivity contribution in [2.24, 2.45) is 5.92 Å². The fraction of sp³-hybridized carbons (Fsp3) is 0.450. The number of aromatic amines is 1. The molecule has 0 bridgehead atoms. The van der Waals surface area contributed by atoms with E-state index in [1.807, 2.05) is 24.3 Å². The zero-order valence-corrected chi connectivity index (χ0v) is 16.7. The lowest BCUT2D eigenvalue weighted by molar-refractivity contribution is 0.270. The first-order valence-electron chi connectivity index (χ1n) is 9.41. The van der Waals surface area contributed by atoms with Crippen LogP contribution < -0.4 is 10.2 Å². The largest absolute Gasteiger partial charge is 0.353 e. The van der Waals surface area contributed by atoms with Gasteiger partial charge in [0.15, 0.2) is 5.65 Å². The highest BCUT2D eigenvalue weighted by atomic mass is 35.5. The Morgan fingerprint density at radius 1 is 1.30 bits per heavy atom. The van der Waals surface area contributed by atoms with Crippen LogP contribution in [0.3, 0.4) is 0 Å². The molecule has 0 spiro atoms. The first-order valence-corrected chi connectivity index (χ1v) is 9.79. The third-order valence-corrected chi connectivity index (χ3v) is 5.36. The number of halogens is 1. The maximum absolute atomic E-state index is 6.49. The predicted molar refractivity (Wildman–Crippen MR) is 110 cm³/mol. The predicted octanol–water partition coefficient (Wildman–Crippen LogP) is 3.89. The van der Waals surface area contributed by atoms with Crippen molar-refractivity contribution in [1.29, 1.82) is 0 Å². The average molecular weight is 385 g/mol. The van der Waals surface area contributed by atoms with Gasteiger partial charge in [0, 0.05) is 36.8 Å². The van der Waals surface area contributed by atoms with Crippen LogP contribution in [0.2, 0.25) is 5.02 Å². The second-order valence-electron chi connectivity index (χ2n) is 7.98. The molecule has 6 nitrogen and oxygen atoms in total. The summed E-state index contributed by atoms with van der Waals surface area (Å²) in [6.45, 7) is 9.62. The Morgan fingerprint density at radius 2 is 2.15 bits per heavy atom. The molecule has 1 unspecified atom stereocenters. The molecule has 7 heteroatoms. The van der Waals surface area contributed by atoms with Gasteiger partial charge in [-0.05, 0) is 43.5 Å². The number of fused-ring (bicyclic) bond motifs is 1. The monoisotopic (exact) mass is 384 g/mol. The molecule has 1 aliphatic heterocycles. The standard InChI is InChI=1S/C20H25ClN6/c1-13(2)11-20(3)12-27(10-9-23-20)16-7-6-15(21)18(24-16)17-14-5-4-8-22-19(14)26-25-17/h4-8,13,23H,9-12H2,1-3H3,(H,22,25,26). The molecule has 0 saturated carbocycles. The topological polar surface area (TPSA) is 69.7 Å². The van der Waals surface area contributed by atoms with E-state index in [2.05, 4.69) is 46.2 Å². The number of pyridine rings is 2. The second-order valence-corrected chi connectivity index (χ2v) is 8.39. The normalized spacial score (nSPS) is 20.6. The van der Waals surface area contributed by atoms with E-state index in [0.717, 1.165) is 43.0 Å². The van der Waals surface area contributed by atoms with Gasteiger partial charge in [0.2, 0.25) is 0 Å². The van der Waals surface area contributed by atoms with E-state index >= 15 is 0 Å². The number of anilines is 1. The van der Waals surface area contributed by atoms with Gasteiger partial charge in [-0.1, -0.05) is 25.4 Å². The van der Waals surface area contributed by atoms with Crippen molar-refractivity contribution in [1.82, 2.24) is 25.5 Å². The first-order chi connectivity index (χ1) is 13.0. The lowest BCUT2D eigenvalue weighted by Gasteiger charge is -2.43. The van der Waals surface area contributed by atoms with E-state index in [1.165, 1.54) is 0 Å². The summed E-state index contributed by atoms with van der Waals surface area (Å²) in [6, 6.07) is 7.80. The summed E-state index contributed by atoms with van der Waals surface area (Å²) in [4.78, 5) is 11.5. The summed E-state index contributed by atoms with van der Waals surface area (Å²) >= 11 is 6.49. The summed E-state index contributed by atoms with van der Waals surface area (Å²) in [5.41, 5.74) is 2.28. The minimum absolute atomic E-state index is 0.0818. The van der Waals surface area contributed by atoms with Gasteiger partial charge >= 0.3 is 0 Å². The number of H-pyrrole nitrogens is 1. The number of nitrogens with one attached hydrogen (secondary N) is 2. The Balaban J connectivity index is 1.68. The van der Waals surface area contributed by atoms with Crippen LogP contribution in [0, 0.1) is 5.92 Å². The Kier molecular flexibility index (Phi) is 4.78. The van der Waals surface area contributed by atoms with Gasteiger partial charge in [0.05, 0.1) is 10.7 Å².